The Hall–Kier alpha value is -2.24. The summed E-state index contributed by atoms with van der Waals surface area (Å²) < 4.78 is 0. The van der Waals surface area contributed by atoms with E-state index in [1.807, 2.05) is 0 Å². The van der Waals surface area contributed by atoms with Crippen LogP contribution >= 0.6 is 0 Å². The molecule has 2 rings (SSSR count). The van der Waals surface area contributed by atoms with E-state index in [1.165, 1.54) is 11.8 Å². The van der Waals surface area contributed by atoms with E-state index in [9.17, 15) is 24.3 Å². The first-order chi connectivity index (χ1) is 13.7. The van der Waals surface area contributed by atoms with E-state index in [0.29, 0.717) is 32.4 Å². The van der Waals surface area contributed by atoms with Crippen LogP contribution in [-0.4, -0.2) is 93.6 Å². The lowest BCUT2D eigenvalue weighted by Crippen LogP contribution is -2.55. The van der Waals surface area contributed by atoms with Crippen LogP contribution < -0.4 is 16.8 Å². The highest BCUT2D eigenvalue weighted by Crippen LogP contribution is 2.26. The monoisotopic (exact) mass is 413 g/mol. The van der Waals surface area contributed by atoms with Crippen molar-refractivity contribution in [2.24, 2.45) is 11.5 Å². The van der Waals surface area contributed by atoms with Gasteiger partial charge in [0.05, 0.1) is 12.7 Å². The van der Waals surface area contributed by atoms with Gasteiger partial charge in [-0.15, -0.1) is 0 Å². The molecule has 164 valence electrons. The van der Waals surface area contributed by atoms with Crippen LogP contribution in [0.3, 0.4) is 0 Å². The van der Waals surface area contributed by atoms with Crippen molar-refractivity contribution < 1.29 is 29.4 Å². The highest BCUT2D eigenvalue weighted by molar-refractivity contribution is 5.91. The highest BCUT2D eigenvalue weighted by atomic mass is 16.3. The summed E-state index contributed by atoms with van der Waals surface area (Å²) in [6.07, 6.45) is 1.45. The normalized spacial score (nSPS) is 24.8. The van der Waals surface area contributed by atoms with Gasteiger partial charge < -0.3 is 36.8 Å². The van der Waals surface area contributed by atoms with Gasteiger partial charge in [-0.2, -0.15) is 0 Å². The quantitative estimate of drug-likeness (QED) is 0.282. The fourth-order valence-electron chi connectivity index (χ4n) is 3.89. The standard InChI is InChI=1S/C18H31N5O6/c1-10(25)15(19)18(29)23-7-3-5-13(23)17(28)22-6-2-4-11(22)8-14(26)21-12(9-24)16(20)27/h10-13,15,24-25H,2-9,19H2,1H3,(H2,20,27)(H,21,26)/t10?,11-,12?,13-,15?/m0/s1. The van der Waals surface area contributed by atoms with E-state index in [-0.39, 0.29) is 18.4 Å². The number of nitrogens with one attached hydrogen (secondary N) is 1. The number of carbonyl (C=O) groups is 4. The first-order valence-corrected chi connectivity index (χ1v) is 9.91. The molecule has 3 unspecified atom stereocenters. The molecule has 2 heterocycles. The van der Waals surface area contributed by atoms with Gasteiger partial charge in [-0.1, -0.05) is 0 Å². The number of aliphatic hydroxyl groups is 2. The van der Waals surface area contributed by atoms with Crippen molar-refractivity contribution in [3.8, 4) is 0 Å². The van der Waals surface area contributed by atoms with Crippen LogP contribution in [-0.2, 0) is 19.2 Å². The Morgan fingerprint density at radius 3 is 2.34 bits per heavy atom. The first-order valence-electron chi connectivity index (χ1n) is 9.91. The van der Waals surface area contributed by atoms with Gasteiger partial charge in [-0.3, -0.25) is 19.2 Å². The fraction of sp³-hybridized carbons (Fsp3) is 0.778. The molecule has 0 aromatic rings. The molecule has 2 aliphatic heterocycles. The summed E-state index contributed by atoms with van der Waals surface area (Å²) in [4.78, 5) is 52.1. The molecular formula is C18H31N5O6. The Balaban J connectivity index is 2.02. The van der Waals surface area contributed by atoms with Crippen LogP contribution in [0.15, 0.2) is 0 Å². The minimum atomic E-state index is -1.17. The summed E-state index contributed by atoms with van der Waals surface area (Å²) in [6, 6.07) is -3.28. The molecule has 29 heavy (non-hydrogen) atoms. The highest BCUT2D eigenvalue weighted by Gasteiger charge is 2.42. The fourth-order valence-corrected chi connectivity index (χ4v) is 3.89. The lowest BCUT2D eigenvalue weighted by atomic mass is 10.1. The first kappa shape index (κ1) is 23.0. The third kappa shape index (κ3) is 5.43. The van der Waals surface area contributed by atoms with Gasteiger partial charge in [0.25, 0.3) is 0 Å². The van der Waals surface area contributed by atoms with Crippen molar-refractivity contribution in [2.45, 2.75) is 69.3 Å². The largest absolute Gasteiger partial charge is 0.394 e. The maximum Gasteiger partial charge on any atom is 0.245 e. The minimum Gasteiger partial charge on any atom is -0.394 e. The van der Waals surface area contributed by atoms with E-state index in [1.54, 1.807) is 4.90 Å². The van der Waals surface area contributed by atoms with Gasteiger partial charge in [0.1, 0.15) is 18.1 Å². The average molecular weight is 413 g/mol. The van der Waals surface area contributed by atoms with Crippen molar-refractivity contribution >= 4 is 23.6 Å². The molecule has 0 aromatic carbocycles. The Morgan fingerprint density at radius 1 is 1.14 bits per heavy atom. The third-order valence-corrected chi connectivity index (χ3v) is 5.57. The molecule has 0 spiro atoms. The Kier molecular flexibility index (Phi) is 7.94. The molecule has 2 saturated heterocycles. The van der Waals surface area contributed by atoms with Gasteiger partial charge in [0.2, 0.25) is 23.6 Å². The maximum atomic E-state index is 13.1. The van der Waals surface area contributed by atoms with Gasteiger partial charge in [-0.25, -0.2) is 0 Å². The van der Waals surface area contributed by atoms with E-state index >= 15 is 0 Å². The number of hydrogen-bond acceptors (Lipinski definition) is 7. The number of nitrogens with two attached hydrogens (primary N) is 2. The number of hydrogen-bond donors (Lipinski definition) is 5. The van der Waals surface area contributed by atoms with Crippen molar-refractivity contribution in [3.05, 3.63) is 0 Å². The van der Waals surface area contributed by atoms with Crippen LogP contribution in [0.5, 0.6) is 0 Å². The van der Waals surface area contributed by atoms with Crippen LogP contribution in [0.4, 0.5) is 0 Å². The summed E-state index contributed by atoms with van der Waals surface area (Å²) in [7, 11) is 0. The number of carbonyl (C=O) groups excluding carboxylic acids is 4. The lowest BCUT2D eigenvalue weighted by Gasteiger charge is -2.33. The average Bonchev–Trinajstić information content (AvgIpc) is 3.33. The molecule has 5 atom stereocenters. The van der Waals surface area contributed by atoms with Gasteiger partial charge in [0, 0.05) is 25.6 Å². The SMILES string of the molecule is CC(O)C(N)C(=O)N1CCC[C@H]1C(=O)N1CCC[C@H]1CC(=O)NC(CO)C(N)=O. The molecule has 2 fully saturated rings. The number of nitrogens with zero attached hydrogens (tertiary/aromatic N) is 2. The minimum absolute atomic E-state index is 0.0244. The third-order valence-electron chi connectivity index (χ3n) is 5.57. The molecule has 0 aromatic heterocycles. The van der Waals surface area contributed by atoms with Crippen LogP contribution in [0.1, 0.15) is 39.0 Å². The number of likely N-dealkylation sites (tertiary alicyclic amines) is 2. The summed E-state index contributed by atoms with van der Waals surface area (Å²) in [5, 5.41) is 21.1. The van der Waals surface area contributed by atoms with E-state index in [2.05, 4.69) is 5.32 Å². The summed E-state index contributed by atoms with van der Waals surface area (Å²) in [5.74, 6) is -2.02. The Morgan fingerprint density at radius 2 is 1.76 bits per heavy atom. The van der Waals surface area contributed by atoms with Crippen molar-refractivity contribution in [2.75, 3.05) is 19.7 Å². The zero-order chi connectivity index (χ0) is 21.7. The van der Waals surface area contributed by atoms with Crippen molar-refractivity contribution in [1.82, 2.24) is 15.1 Å². The summed E-state index contributed by atoms with van der Waals surface area (Å²) in [6.45, 7) is 1.69. The summed E-state index contributed by atoms with van der Waals surface area (Å²) >= 11 is 0. The zero-order valence-corrected chi connectivity index (χ0v) is 16.6. The second-order valence-electron chi connectivity index (χ2n) is 7.69. The Bertz CT molecular complexity index is 642. The van der Waals surface area contributed by atoms with Gasteiger partial charge >= 0.3 is 0 Å². The van der Waals surface area contributed by atoms with Crippen LogP contribution in [0, 0.1) is 0 Å². The van der Waals surface area contributed by atoms with Crippen molar-refractivity contribution in [1.29, 1.82) is 0 Å². The molecule has 0 bridgehead atoms. The second-order valence-corrected chi connectivity index (χ2v) is 7.69. The number of primary amides is 1. The molecule has 2 aliphatic rings. The molecule has 11 heteroatoms. The predicted molar refractivity (Wildman–Crippen MR) is 102 cm³/mol. The number of rotatable bonds is 8. The topological polar surface area (TPSA) is 179 Å². The van der Waals surface area contributed by atoms with Crippen LogP contribution in [0.2, 0.25) is 0 Å². The predicted octanol–water partition coefficient (Wildman–Crippen LogP) is -2.97. The van der Waals surface area contributed by atoms with E-state index < -0.39 is 48.6 Å². The van der Waals surface area contributed by atoms with Crippen LogP contribution in [0.25, 0.3) is 0 Å². The van der Waals surface area contributed by atoms with Crippen molar-refractivity contribution in [3.63, 3.8) is 0 Å². The molecule has 4 amide bonds. The molecule has 0 aliphatic carbocycles. The molecular weight excluding hydrogens is 382 g/mol. The maximum absolute atomic E-state index is 13.1. The lowest BCUT2D eigenvalue weighted by molar-refractivity contribution is -0.146. The number of aliphatic hydroxyl groups excluding tert-OH is 2. The molecule has 0 saturated carbocycles. The smallest absolute Gasteiger partial charge is 0.245 e. The Labute approximate surface area is 169 Å². The molecule has 7 N–H and O–H groups in total. The molecule has 11 nitrogen and oxygen atoms in total. The van der Waals surface area contributed by atoms with Gasteiger partial charge in [-0.05, 0) is 32.6 Å². The van der Waals surface area contributed by atoms with Gasteiger partial charge in [0.15, 0.2) is 0 Å². The molecule has 0 radical (unpaired) electrons. The van der Waals surface area contributed by atoms with E-state index in [4.69, 9.17) is 16.6 Å². The van der Waals surface area contributed by atoms with E-state index in [0.717, 1.165) is 6.42 Å². The summed E-state index contributed by atoms with van der Waals surface area (Å²) in [5.41, 5.74) is 10.9. The number of amides is 4. The second kappa shape index (κ2) is 9.99. The zero-order valence-electron chi connectivity index (χ0n) is 16.6.